The van der Waals surface area contributed by atoms with Crippen molar-refractivity contribution in [2.45, 2.75) is 22.8 Å². The van der Waals surface area contributed by atoms with Crippen molar-refractivity contribution >= 4 is 35.0 Å². The minimum absolute atomic E-state index is 0.00772. The van der Waals surface area contributed by atoms with Crippen molar-refractivity contribution in [3.8, 4) is 0 Å². The maximum atomic E-state index is 6.17. The highest BCUT2D eigenvalue weighted by atomic mass is 35.5. The maximum Gasteiger partial charge on any atom is 0.0546 e. The van der Waals surface area contributed by atoms with Gasteiger partial charge in [-0.15, -0.1) is 0 Å². The molecule has 0 saturated heterocycles. The van der Waals surface area contributed by atoms with Gasteiger partial charge in [0.2, 0.25) is 0 Å². The Morgan fingerprint density at radius 2 is 1.78 bits per heavy atom. The summed E-state index contributed by atoms with van der Waals surface area (Å²) in [6, 6.07) is 13.5. The average Bonchev–Trinajstić information content (AvgIpc) is 2.34. The molecule has 0 unspecified atom stereocenters. The molecule has 18 heavy (non-hydrogen) atoms. The van der Waals surface area contributed by atoms with Gasteiger partial charge in [-0.2, -0.15) is 0 Å². The Morgan fingerprint density at radius 3 is 2.50 bits per heavy atom. The Kier molecular flexibility index (Phi) is 4.57. The van der Waals surface area contributed by atoms with Gasteiger partial charge in [0.05, 0.1) is 5.02 Å². The van der Waals surface area contributed by atoms with E-state index in [9.17, 15) is 0 Å². The van der Waals surface area contributed by atoms with Crippen LogP contribution >= 0.6 is 35.0 Å². The van der Waals surface area contributed by atoms with Crippen LogP contribution in [0.4, 0.5) is 0 Å². The molecule has 0 aromatic heterocycles. The van der Waals surface area contributed by atoms with Crippen LogP contribution < -0.4 is 5.73 Å². The lowest BCUT2D eigenvalue weighted by atomic mass is 10.1. The van der Waals surface area contributed by atoms with Gasteiger partial charge >= 0.3 is 0 Å². The Balaban J connectivity index is 2.37. The second-order valence-electron chi connectivity index (χ2n) is 4.00. The summed E-state index contributed by atoms with van der Waals surface area (Å²) < 4.78 is 0. The standard InChI is InChI=1S/C14H13Cl2NS/c1-9(17)11-4-2-3-5-13(11)18-14-8-10(15)6-7-12(14)16/h2-9H,17H2,1H3/t9-/m1/s1. The Labute approximate surface area is 121 Å². The van der Waals surface area contributed by atoms with Gasteiger partial charge in [-0.05, 0) is 36.8 Å². The molecule has 2 N–H and O–H groups in total. The fourth-order valence-corrected chi connectivity index (χ4v) is 3.20. The smallest absolute Gasteiger partial charge is 0.0546 e. The summed E-state index contributed by atoms with van der Waals surface area (Å²) in [4.78, 5) is 2.05. The van der Waals surface area contributed by atoms with Crippen molar-refractivity contribution in [2.75, 3.05) is 0 Å². The third-order valence-corrected chi connectivity index (χ3v) is 4.35. The molecule has 0 heterocycles. The quantitative estimate of drug-likeness (QED) is 0.846. The molecule has 0 bridgehead atoms. The molecule has 1 atom stereocenters. The van der Waals surface area contributed by atoms with E-state index in [0.29, 0.717) is 10.0 Å². The van der Waals surface area contributed by atoms with Crippen molar-refractivity contribution in [3.63, 3.8) is 0 Å². The summed E-state index contributed by atoms with van der Waals surface area (Å²) in [5.41, 5.74) is 7.07. The Morgan fingerprint density at radius 1 is 1.06 bits per heavy atom. The van der Waals surface area contributed by atoms with Crippen LogP contribution in [0.25, 0.3) is 0 Å². The predicted molar refractivity (Wildman–Crippen MR) is 79.6 cm³/mol. The molecule has 0 amide bonds. The van der Waals surface area contributed by atoms with Gasteiger partial charge in [0, 0.05) is 20.9 Å². The SMILES string of the molecule is C[C@@H](N)c1ccccc1Sc1cc(Cl)ccc1Cl. The highest BCUT2D eigenvalue weighted by Crippen LogP contribution is 2.37. The van der Waals surface area contributed by atoms with Gasteiger partial charge in [0.1, 0.15) is 0 Å². The van der Waals surface area contributed by atoms with E-state index in [1.807, 2.05) is 37.3 Å². The van der Waals surface area contributed by atoms with E-state index in [1.165, 1.54) is 0 Å². The van der Waals surface area contributed by atoms with Gasteiger partial charge < -0.3 is 5.73 Å². The van der Waals surface area contributed by atoms with Crippen LogP contribution in [0.1, 0.15) is 18.5 Å². The highest BCUT2D eigenvalue weighted by molar-refractivity contribution is 7.99. The molecule has 94 valence electrons. The maximum absolute atomic E-state index is 6.17. The summed E-state index contributed by atoms with van der Waals surface area (Å²) in [5, 5.41) is 1.38. The molecule has 2 aromatic rings. The molecule has 0 spiro atoms. The number of hydrogen-bond donors (Lipinski definition) is 1. The van der Waals surface area contributed by atoms with E-state index in [-0.39, 0.29) is 6.04 Å². The summed E-state index contributed by atoms with van der Waals surface area (Å²) in [5.74, 6) is 0. The highest BCUT2D eigenvalue weighted by Gasteiger charge is 2.09. The predicted octanol–water partition coefficient (Wildman–Crippen LogP) is 5.16. The topological polar surface area (TPSA) is 26.0 Å². The molecule has 0 aliphatic carbocycles. The molecule has 0 fully saturated rings. The molecular formula is C14H13Cl2NS. The first kappa shape index (κ1) is 13.8. The van der Waals surface area contributed by atoms with E-state index in [0.717, 1.165) is 15.4 Å². The zero-order chi connectivity index (χ0) is 13.1. The second-order valence-corrected chi connectivity index (χ2v) is 5.93. The summed E-state index contributed by atoms with van der Waals surface area (Å²) in [7, 11) is 0. The van der Waals surface area contributed by atoms with E-state index in [1.54, 1.807) is 23.9 Å². The fraction of sp³-hybridized carbons (Fsp3) is 0.143. The first-order valence-electron chi connectivity index (χ1n) is 5.55. The Bertz CT molecular complexity index is 555. The van der Waals surface area contributed by atoms with E-state index >= 15 is 0 Å². The summed E-state index contributed by atoms with van der Waals surface area (Å²) >= 11 is 13.7. The third-order valence-electron chi connectivity index (χ3n) is 2.52. The molecule has 0 saturated carbocycles. The van der Waals surface area contributed by atoms with Gasteiger partial charge in [-0.1, -0.05) is 53.2 Å². The minimum Gasteiger partial charge on any atom is -0.324 e. The van der Waals surface area contributed by atoms with Gasteiger partial charge in [0.25, 0.3) is 0 Å². The first-order chi connectivity index (χ1) is 8.58. The molecular weight excluding hydrogens is 285 g/mol. The van der Waals surface area contributed by atoms with Crippen LogP contribution in [0, 0.1) is 0 Å². The lowest BCUT2D eigenvalue weighted by molar-refractivity contribution is 0.797. The molecule has 2 aromatic carbocycles. The zero-order valence-corrected chi connectivity index (χ0v) is 12.2. The number of nitrogens with two attached hydrogens (primary N) is 1. The zero-order valence-electron chi connectivity index (χ0n) is 9.86. The largest absolute Gasteiger partial charge is 0.324 e. The van der Waals surface area contributed by atoms with Gasteiger partial charge in [0.15, 0.2) is 0 Å². The van der Waals surface area contributed by atoms with Gasteiger partial charge in [-0.3, -0.25) is 0 Å². The van der Waals surface area contributed by atoms with E-state index in [4.69, 9.17) is 28.9 Å². The molecule has 4 heteroatoms. The van der Waals surface area contributed by atoms with Crippen LogP contribution in [0.15, 0.2) is 52.3 Å². The molecule has 1 nitrogen and oxygen atoms in total. The van der Waals surface area contributed by atoms with Crippen molar-refractivity contribution < 1.29 is 0 Å². The lowest BCUT2D eigenvalue weighted by Gasteiger charge is -2.12. The number of rotatable bonds is 3. The number of halogens is 2. The molecule has 2 rings (SSSR count). The first-order valence-corrected chi connectivity index (χ1v) is 7.12. The minimum atomic E-state index is -0.00772. The second kappa shape index (κ2) is 5.98. The van der Waals surface area contributed by atoms with Crippen LogP contribution in [0.5, 0.6) is 0 Å². The Hall–Kier alpha value is -0.670. The van der Waals surface area contributed by atoms with Crippen molar-refractivity contribution in [2.24, 2.45) is 5.73 Å². The fourth-order valence-electron chi connectivity index (χ4n) is 1.62. The monoisotopic (exact) mass is 297 g/mol. The van der Waals surface area contributed by atoms with Crippen molar-refractivity contribution in [1.82, 2.24) is 0 Å². The number of benzene rings is 2. The molecule has 0 aliphatic rings. The van der Waals surface area contributed by atoms with Crippen LogP contribution in [-0.2, 0) is 0 Å². The van der Waals surface area contributed by atoms with Crippen molar-refractivity contribution in [1.29, 1.82) is 0 Å². The van der Waals surface area contributed by atoms with Crippen LogP contribution in [0.2, 0.25) is 10.0 Å². The summed E-state index contributed by atoms with van der Waals surface area (Å²) in [6.45, 7) is 1.97. The molecule has 0 radical (unpaired) electrons. The van der Waals surface area contributed by atoms with Crippen LogP contribution in [0.3, 0.4) is 0 Å². The average molecular weight is 298 g/mol. The van der Waals surface area contributed by atoms with Crippen LogP contribution in [-0.4, -0.2) is 0 Å². The van der Waals surface area contributed by atoms with Gasteiger partial charge in [-0.25, -0.2) is 0 Å². The lowest BCUT2D eigenvalue weighted by Crippen LogP contribution is -2.05. The van der Waals surface area contributed by atoms with Crippen molar-refractivity contribution in [3.05, 3.63) is 58.1 Å². The summed E-state index contributed by atoms with van der Waals surface area (Å²) in [6.07, 6.45) is 0. The number of hydrogen-bond acceptors (Lipinski definition) is 2. The van der Waals surface area contributed by atoms with E-state index in [2.05, 4.69) is 0 Å². The molecule has 0 aliphatic heterocycles. The third kappa shape index (κ3) is 3.21. The normalized spacial score (nSPS) is 12.4. The van der Waals surface area contributed by atoms with E-state index < -0.39 is 0 Å².